The normalized spacial score (nSPS) is 26.4. The number of hydrogen-bond donors (Lipinski definition) is 0. The minimum Gasteiger partial charge on any atom is -0.474 e. The fraction of sp³-hybridized carbons (Fsp3) is 0.485. The van der Waals surface area contributed by atoms with Crippen LogP contribution in [0.1, 0.15) is 250 Å². The van der Waals surface area contributed by atoms with Gasteiger partial charge in [0.25, 0.3) is 0 Å². The Hall–Kier alpha value is -10.4. The van der Waals surface area contributed by atoms with Gasteiger partial charge in [-0.05, 0) is 330 Å². The van der Waals surface area contributed by atoms with Crippen molar-refractivity contribution in [2.24, 2.45) is 11.8 Å². The van der Waals surface area contributed by atoms with Crippen LogP contribution in [0.5, 0.6) is 23.4 Å². The zero-order valence-electron chi connectivity index (χ0n) is 76.1. The molecule has 664 valence electrons. The largest absolute Gasteiger partial charge is 0.474 e. The highest BCUT2D eigenvalue weighted by Crippen LogP contribution is 2.49. The van der Waals surface area contributed by atoms with Gasteiger partial charge in [0.15, 0.2) is 11.8 Å². The number of aryl methyl sites for hydroxylation is 4. The summed E-state index contributed by atoms with van der Waals surface area (Å²) in [6.45, 7) is 17.9. The summed E-state index contributed by atoms with van der Waals surface area (Å²) in [5.41, 5.74) is 19.5. The summed E-state index contributed by atoms with van der Waals surface area (Å²) < 4.78 is 34.3. The molecule has 11 fully saturated rings. The van der Waals surface area contributed by atoms with Crippen LogP contribution in [-0.4, -0.2) is 203 Å². The summed E-state index contributed by atoms with van der Waals surface area (Å²) in [7, 11) is 13.0. The third-order valence-corrected chi connectivity index (χ3v) is 30.0. The Balaban J connectivity index is 0.000000110. The molecular formula is C103H128N20O4. The molecule has 11 aliphatic heterocycles. The second kappa shape index (κ2) is 38.1. The Labute approximate surface area is 748 Å². The van der Waals surface area contributed by atoms with E-state index in [9.17, 15) is 0 Å². The Kier molecular flexibility index (Phi) is 25.8. The van der Waals surface area contributed by atoms with E-state index in [-0.39, 0.29) is 23.8 Å². The topological polar surface area (TPSA) is 193 Å². The van der Waals surface area contributed by atoms with Crippen LogP contribution in [0.4, 0.5) is 0 Å². The lowest BCUT2D eigenvalue weighted by atomic mass is 9.83. The molecule has 24 heterocycles. The molecule has 11 aliphatic rings. The van der Waals surface area contributed by atoms with Gasteiger partial charge in [0, 0.05) is 95.3 Å². The molecule has 11 saturated heterocycles. The fourth-order valence-corrected chi connectivity index (χ4v) is 22.7. The van der Waals surface area contributed by atoms with Crippen LogP contribution in [0, 0.1) is 39.5 Å². The lowest BCUT2D eigenvalue weighted by Gasteiger charge is -2.47. The second-order valence-corrected chi connectivity index (χ2v) is 37.7. The number of fused-ring (bicyclic) bond motifs is 10. The first-order valence-electron chi connectivity index (χ1n) is 47.1. The number of piperidine rings is 11. The van der Waals surface area contributed by atoms with Crippen molar-refractivity contribution in [2.75, 3.05) is 94.7 Å². The van der Waals surface area contributed by atoms with E-state index < -0.39 is 0 Å². The van der Waals surface area contributed by atoms with E-state index >= 15 is 0 Å². The van der Waals surface area contributed by atoms with E-state index in [0.717, 1.165) is 192 Å². The van der Waals surface area contributed by atoms with Crippen LogP contribution in [0.25, 0.3) is 22.6 Å². The minimum atomic E-state index is -0.00328. The number of imidazole rings is 4. The zero-order valence-corrected chi connectivity index (χ0v) is 76.1. The van der Waals surface area contributed by atoms with Crippen molar-refractivity contribution in [3.05, 3.63) is 269 Å². The van der Waals surface area contributed by atoms with E-state index in [4.69, 9.17) is 58.8 Å². The maximum absolute atomic E-state index is 6.75. The lowest BCUT2D eigenvalue weighted by Crippen LogP contribution is -2.55. The number of methoxy groups -OCH3 is 1. The smallest absolute Gasteiger partial charge is 0.205 e. The standard InChI is InChI=1S/C27H37N5O.2C26H33N5O.C24H25N5O/c1-19-9-8-15-28-24(19)21-10-7-11-22(31(21)3)25-26(32-16-6-5-12-23(32)29-25)27(33-4)20-13-17-30(2)18-14-20;1-19-6-5-14-27-25(19)22-8-3-7-21(29(22)2)20-18-31-23(28-20)9-4-10-24(31)32-26-11-15-30(16-12-26)17-13-26;1-18-6-5-13-27-26(18)22-8-3-7-21(29(22)2)20-16-31-24(28-20)9-4-10-25(31)32-23-17-30-14-11-19(23)12-15-30;1-17-6-5-13-26-24(17)21-8-3-7-20(28(21)2)19-16-29-22(27-19)9-4-10-23(29)30-18-11-14-25-15-12-18/h5-6,8-9,12,15-16,20-22,27H,7,10-11,13-14,17-18H2,1-4H3;4-6,9-10,14,18,21-22H,3,7-8,11-13,15-17H2,1-2H3;4-6,9-10,13,16,19,21-23H,3,7-8,11-12,14-15,17H2,1-2H3;4-6,9-16,20-21H,3,7-8H2,1-2H3/t21-,22+,27-;21-,22+;21-,22+,23?;20-,21+/m0111/s1. The summed E-state index contributed by atoms with van der Waals surface area (Å²) in [6.07, 6.45) is 42.1. The van der Waals surface area contributed by atoms with Crippen LogP contribution in [-0.2, 0) is 4.74 Å². The average Bonchev–Trinajstić information content (AvgIpc) is 1.35. The molecule has 4 bridgehead atoms. The number of nitrogens with zero attached hydrogens (tertiary/aromatic N) is 20. The fourth-order valence-electron chi connectivity index (χ4n) is 22.7. The third-order valence-electron chi connectivity index (χ3n) is 30.0. The Bertz CT molecular complexity index is 5870. The molecule has 0 spiro atoms. The molecule has 24 heteroatoms. The molecule has 10 atom stereocenters. The molecular weight excluding hydrogens is 1580 g/mol. The highest BCUT2D eigenvalue weighted by Gasteiger charge is 2.45. The molecule has 1 unspecified atom stereocenters. The van der Waals surface area contributed by atoms with Gasteiger partial charge in [-0.15, -0.1) is 0 Å². The second-order valence-electron chi connectivity index (χ2n) is 37.7. The summed E-state index contributed by atoms with van der Waals surface area (Å²) in [6, 6.07) is 47.7. The van der Waals surface area contributed by atoms with Crippen molar-refractivity contribution in [1.29, 1.82) is 0 Å². The highest BCUT2D eigenvalue weighted by molar-refractivity contribution is 5.49. The van der Waals surface area contributed by atoms with Gasteiger partial charge in [-0.3, -0.25) is 62.6 Å². The third kappa shape index (κ3) is 18.0. The van der Waals surface area contributed by atoms with Crippen LogP contribution < -0.4 is 14.2 Å². The average molecular weight is 1710 g/mol. The van der Waals surface area contributed by atoms with E-state index in [2.05, 4.69) is 219 Å². The molecule has 24 nitrogen and oxygen atoms in total. The molecule has 127 heavy (non-hydrogen) atoms. The number of aromatic nitrogens is 13. The number of pyridine rings is 9. The van der Waals surface area contributed by atoms with Gasteiger partial charge >= 0.3 is 0 Å². The first kappa shape index (κ1) is 86.0. The quantitative estimate of drug-likeness (QED) is 0.0834. The molecule has 0 saturated carbocycles. The predicted molar refractivity (Wildman–Crippen MR) is 497 cm³/mol. The predicted octanol–water partition coefficient (Wildman–Crippen LogP) is 19.0. The molecule has 0 radical (unpaired) electrons. The van der Waals surface area contributed by atoms with Gasteiger partial charge in [0.05, 0.1) is 99.6 Å². The maximum atomic E-state index is 6.75. The van der Waals surface area contributed by atoms with Gasteiger partial charge in [-0.2, -0.15) is 0 Å². The van der Waals surface area contributed by atoms with Gasteiger partial charge in [0.2, 0.25) is 5.88 Å². The minimum absolute atomic E-state index is 0.00328. The monoisotopic (exact) mass is 1710 g/mol. The number of ether oxygens (including phenoxy) is 4. The van der Waals surface area contributed by atoms with E-state index in [1.54, 1.807) is 12.4 Å². The van der Waals surface area contributed by atoms with Crippen molar-refractivity contribution in [3.8, 4) is 23.4 Å². The summed E-state index contributed by atoms with van der Waals surface area (Å²) in [5, 5.41) is 0. The van der Waals surface area contributed by atoms with Gasteiger partial charge in [0.1, 0.15) is 46.1 Å². The summed E-state index contributed by atoms with van der Waals surface area (Å²) in [5.74, 6) is 4.56. The SMILES string of the molecule is CO[C@H](c1c([C@H]2CCC[C@@H](c3ncccc3C)N2C)nc2ccccn12)C1CCN(C)CC1.Cc1cccnc1[C@@H]1CCC[C@H](c2cn3c(OC45CCN(CC4)CC5)cccc3n2)N1C.Cc1cccnc1[C@@H]1CCC[C@H](c2cn3c(OC4CN5CCC4CC5)cccc3n2)N1C.Cc1cccnc1[C@@H]1CCC[C@H](c2cn3c(Oc4ccncc4)cccc3n2)N1C. The first-order valence-corrected chi connectivity index (χ1v) is 47.1. The Morgan fingerprint density at radius 2 is 0.780 bits per heavy atom. The molecule has 13 aromatic rings. The number of hydrogen-bond acceptors (Lipinski definition) is 20. The Morgan fingerprint density at radius 1 is 0.370 bits per heavy atom. The van der Waals surface area contributed by atoms with Crippen molar-refractivity contribution in [1.82, 2.24) is 96.8 Å². The number of likely N-dealkylation sites (tertiary alicyclic amines) is 5. The zero-order chi connectivity index (χ0) is 86.8. The van der Waals surface area contributed by atoms with E-state index in [1.165, 1.54) is 102 Å². The van der Waals surface area contributed by atoms with E-state index in [0.29, 0.717) is 54.2 Å². The van der Waals surface area contributed by atoms with Crippen LogP contribution in [0.15, 0.2) is 195 Å². The maximum Gasteiger partial charge on any atom is 0.205 e. The summed E-state index contributed by atoms with van der Waals surface area (Å²) in [4.78, 5) is 60.7. The van der Waals surface area contributed by atoms with Crippen molar-refractivity contribution in [3.63, 3.8) is 0 Å². The molecule has 0 amide bonds. The molecule has 0 aromatic carbocycles. The Morgan fingerprint density at radius 3 is 1.23 bits per heavy atom. The van der Waals surface area contributed by atoms with Crippen molar-refractivity contribution >= 4 is 22.6 Å². The van der Waals surface area contributed by atoms with Crippen molar-refractivity contribution in [2.45, 2.75) is 216 Å². The van der Waals surface area contributed by atoms with Gasteiger partial charge < -0.3 is 33.1 Å². The van der Waals surface area contributed by atoms with Crippen molar-refractivity contribution < 1.29 is 18.9 Å². The van der Waals surface area contributed by atoms with Gasteiger partial charge in [-0.25, -0.2) is 19.9 Å². The van der Waals surface area contributed by atoms with Gasteiger partial charge in [-0.1, -0.05) is 48.5 Å². The molecule has 0 N–H and O–H groups in total. The molecule has 24 rings (SSSR count). The number of rotatable bonds is 17. The molecule has 13 aromatic heterocycles. The van der Waals surface area contributed by atoms with Crippen LogP contribution in [0.2, 0.25) is 0 Å². The first-order chi connectivity index (χ1) is 62.1. The summed E-state index contributed by atoms with van der Waals surface area (Å²) >= 11 is 0. The lowest BCUT2D eigenvalue weighted by molar-refractivity contribution is -0.0543. The van der Waals surface area contributed by atoms with Crippen LogP contribution in [0.3, 0.4) is 0 Å². The van der Waals surface area contributed by atoms with Crippen LogP contribution >= 0.6 is 0 Å². The molecule has 0 aliphatic carbocycles. The van der Waals surface area contributed by atoms with E-state index in [1.807, 2.05) is 90.9 Å². The highest BCUT2D eigenvalue weighted by atomic mass is 16.5.